The predicted molar refractivity (Wildman–Crippen MR) is 43.6 cm³/mol. The van der Waals surface area contributed by atoms with Gasteiger partial charge >= 0.3 is 0 Å². The van der Waals surface area contributed by atoms with Crippen molar-refractivity contribution >= 4 is 18.1 Å². The Labute approximate surface area is 70.2 Å². The standard InChI is InChI=1S/C7H7FN2.ClH/c8-5-3-7-6(10-4-5)1-2-9-7;/h3-4,9H,1-2H2;1H. The second kappa shape index (κ2) is 3.05. The lowest BCUT2D eigenvalue weighted by molar-refractivity contribution is 0.621. The minimum Gasteiger partial charge on any atom is -0.383 e. The summed E-state index contributed by atoms with van der Waals surface area (Å²) in [5.74, 6) is -0.270. The van der Waals surface area contributed by atoms with Crippen LogP contribution in [0.2, 0.25) is 0 Å². The minimum atomic E-state index is -0.270. The molecule has 0 saturated heterocycles. The Morgan fingerprint density at radius 1 is 1.55 bits per heavy atom. The number of rotatable bonds is 0. The number of hydrogen-bond donors (Lipinski definition) is 1. The van der Waals surface area contributed by atoms with Gasteiger partial charge in [-0.25, -0.2) is 4.39 Å². The van der Waals surface area contributed by atoms with Gasteiger partial charge < -0.3 is 5.32 Å². The van der Waals surface area contributed by atoms with Crippen LogP contribution in [0, 0.1) is 5.82 Å². The molecule has 1 aliphatic rings. The van der Waals surface area contributed by atoms with E-state index in [9.17, 15) is 4.39 Å². The molecule has 60 valence electrons. The van der Waals surface area contributed by atoms with Crippen LogP contribution in [0.4, 0.5) is 10.1 Å². The molecule has 0 fully saturated rings. The fourth-order valence-electron chi connectivity index (χ4n) is 1.14. The average Bonchev–Trinajstić information content (AvgIpc) is 2.33. The Hall–Kier alpha value is -0.830. The van der Waals surface area contributed by atoms with Gasteiger partial charge in [0.1, 0.15) is 5.82 Å². The summed E-state index contributed by atoms with van der Waals surface area (Å²) in [5, 5.41) is 3.04. The van der Waals surface area contributed by atoms with E-state index in [2.05, 4.69) is 10.3 Å². The maximum Gasteiger partial charge on any atom is 0.143 e. The minimum absolute atomic E-state index is 0. The second-order valence-corrected chi connectivity index (χ2v) is 2.32. The molecule has 1 aliphatic heterocycles. The van der Waals surface area contributed by atoms with Gasteiger partial charge in [0.15, 0.2) is 0 Å². The van der Waals surface area contributed by atoms with Crippen molar-refractivity contribution in [2.75, 3.05) is 11.9 Å². The topological polar surface area (TPSA) is 24.9 Å². The first-order valence-corrected chi connectivity index (χ1v) is 3.24. The number of anilines is 1. The predicted octanol–water partition coefficient (Wildman–Crippen LogP) is 1.61. The summed E-state index contributed by atoms with van der Waals surface area (Å²) < 4.78 is 12.5. The normalized spacial score (nSPS) is 13.2. The molecule has 0 unspecified atom stereocenters. The molecule has 1 aromatic rings. The van der Waals surface area contributed by atoms with E-state index < -0.39 is 0 Å². The molecule has 0 atom stereocenters. The highest BCUT2D eigenvalue weighted by Gasteiger charge is 2.10. The van der Waals surface area contributed by atoms with Crippen LogP contribution in [0.3, 0.4) is 0 Å². The Kier molecular flexibility index (Phi) is 2.29. The summed E-state index contributed by atoms with van der Waals surface area (Å²) in [4.78, 5) is 3.92. The van der Waals surface area contributed by atoms with Gasteiger partial charge in [-0.2, -0.15) is 0 Å². The number of nitrogens with zero attached hydrogens (tertiary/aromatic N) is 1. The van der Waals surface area contributed by atoms with E-state index in [1.165, 1.54) is 12.3 Å². The molecule has 4 heteroatoms. The number of hydrogen-bond acceptors (Lipinski definition) is 2. The molecule has 2 nitrogen and oxygen atoms in total. The SMILES string of the molecule is Cl.Fc1cnc2c(c1)NCC2. The highest BCUT2D eigenvalue weighted by molar-refractivity contribution is 5.85. The summed E-state index contributed by atoms with van der Waals surface area (Å²) in [7, 11) is 0. The summed E-state index contributed by atoms with van der Waals surface area (Å²) in [6.45, 7) is 0.881. The lowest BCUT2D eigenvalue weighted by Crippen LogP contribution is -1.90. The average molecular weight is 175 g/mol. The van der Waals surface area contributed by atoms with Crippen molar-refractivity contribution in [3.63, 3.8) is 0 Å². The molecule has 2 heterocycles. The van der Waals surface area contributed by atoms with Gasteiger partial charge in [0, 0.05) is 19.0 Å². The fourth-order valence-corrected chi connectivity index (χ4v) is 1.14. The van der Waals surface area contributed by atoms with Crippen molar-refractivity contribution < 1.29 is 4.39 Å². The summed E-state index contributed by atoms with van der Waals surface area (Å²) in [6.07, 6.45) is 2.17. The van der Waals surface area contributed by atoms with Crippen LogP contribution < -0.4 is 5.32 Å². The molecular formula is C7H8ClFN2. The van der Waals surface area contributed by atoms with Crippen LogP contribution in [-0.4, -0.2) is 11.5 Å². The van der Waals surface area contributed by atoms with Gasteiger partial charge in [-0.05, 0) is 0 Å². The lowest BCUT2D eigenvalue weighted by atomic mass is 10.3. The number of fused-ring (bicyclic) bond motifs is 1. The number of aromatic nitrogens is 1. The molecule has 1 aromatic heterocycles. The second-order valence-electron chi connectivity index (χ2n) is 2.32. The van der Waals surface area contributed by atoms with E-state index in [0.717, 1.165) is 24.3 Å². The van der Waals surface area contributed by atoms with E-state index in [1.54, 1.807) is 0 Å². The molecule has 0 bridgehead atoms. The molecule has 11 heavy (non-hydrogen) atoms. The van der Waals surface area contributed by atoms with E-state index in [0.29, 0.717) is 0 Å². The number of halogens is 2. The Morgan fingerprint density at radius 3 is 3.18 bits per heavy atom. The highest BCUT2D eigenvalue weighted by atomic mass is 35.5. The van der Waals surface area contributed by atoms with Gasteiger partial charge in [0.05, 0.1) is 17.6 Å². The quantitative estimate of drug-likeness (QED) is 0.647. The third-order valence-corrected chi connectivity index (χ3v) is 1.61. The van der Waals surface area contributed by atoms with Crippen molar-refractivity contribution in [2.45, 2.75) is 6.42 Å². The van der Waals surface area contributed by atoms with E-state index in [-0.39, 0.29) is 18.2 Å². The Balaban J connectivity index is 0.000000605. The van der Waals surface area contributed by atoms with E-state index in [1.807, 2.05) is 0 Å². The molecular weight excluding hydrogens is 167 g/mol. The van der Waals surface area contributed by atoms with Crippen molar-refractivity contribution in [1.29, 1.82) is 0 Å². The molecule has 0 spiro atoms. The van der Waals surface area contributed by atoms with Crippen molar-refractivity contribution in [1.82, 2.24) is 4.98 Å². The van der Waals surface area contributed by atoms with Crippen LogP contribution in [0.15, 0.2) is 12.3 Å². The molecule has 0 aromatic carbocycles. The van der Waals surface area contributed by atoms with Gasteiger partial charge in [0.2, 0.25) is 0 Å². The number of nitrogens with one attached hydrogen (secondary N) is 1. The Bertz CT molecular complexity index is 265. The fraction of sp³-hybridized carbons (Fsp3) is 0.286. The molecule has 2 rings (SSSR count). The van der Waals surface area contributed by atoms with Crippen molar-refractivity contribution in [3.8, 4) is 0 Å². The summed E-state index contributed by atoms with van der Waals surface area (Å²) >= 11 is 0. The summed E-state index contributed by atoms with van der Waals surface area (Å²) in [6, 6.07) is 1.48. The van der Waals surface area contributed by atoms with Crippen LogP contribution in [0.25, 0.3) is 0 Å². The first kappa shape index (κ1) is 8.27. The van der Waals surface area contributed by atoms with Gasteiger partial charge in [-0.3, -0.25) is 4.98 Å². The first-order valence-electron chi connectivity index (χ1n) is 3.24. The molecule has 0 radical (unpaired) electrons. The zero-order valence-electron chi connectivity index (χ0n) is 5.80. The molecule has 0 aliphatic carbocycles. The number of pyridine rings is 1. The van der Waals surface area contributed by atoms with E-state index >= 15 is 0 Å². The van der Waals surface area contributed by atoms with Crippen molar-refractivity contribution in [3.05, 3.63) is 23.8 Å². The highest BCUT2D eigenvalue weighted by Crippen LogP contribution is 2.19. The van der Waals surface area contributed by atoms with Crippen LogP contribution in [-0.2, 0) is 6.42 Å². The maximum atomic E-state index is 12.5. The first-order chi connectivity index (χ1) is 4.86. The van der Waals surface area contributed by atoms with Crippen molar-refractivity contribution in [2.24, 2.45) is 0 Å². The lowest BCUT2D eigenvalue weighted by Gasteiger charge is -1.95. The largest absolute Gasteiger partial charge is 0.383 e. The zero-order chi connectivity index (χ0) is 6.97. The van der Waals surface area contributed by atoms with E-state index in [4.69, 9.17) is 0 Å². The van der Waals surface area contributed by atoms with Crippen LogP contribution in [0.1, 0.15) is 5.69 Å². The van der Waals surface area contributed by atoms with Crippen LogP contribution in [0.5, 0.6) is 0 Å². The third kappa shape index (κ3) is 1.43. The monoisotopic (exact) mass is 174 g/mol. The van der Waals surface area contributed by atoms with Gasteiger partial charge in [-0.1, -0.05) is 0 Å². The maximum absolute atomic E-state index is 12.5. The smallest absolute Gasteiger partial charge is 0.143 e. The van der Waals surface area contributed by atoms with Gasteiger partial charge in [-0.15, -0.1) is 12.4 Å². The van der Waals surface area contributed by atoms with Crippen LogP contribution >= 0.6 is 12.4 Å². The third-order valence-electron chi connectivity index (χ3n) is 1.61. The Morgan fingerprint density at radius 2 is 2.36 bits per heavy atom. The summed E-state index contributed by atoms with van der Waals surface area (Å²) in [5.41, 5.74) is 1.82. The molecule has 0 saturated carbocycles. The molecule has 1 N–H and O–H groups in total. The van der Waals surface area contributed by atoms with Gasteiger partial charge in [0.25, 0.3) is 0 Å². The molecule has 0 amide bonds. The zero-order valence-corrected chi connectivity index (χ0v) is 6.62.